The molecule has 0 radical (unpaired) electrons. The molecule has 5 rings (SSSR count). The Morgan fingerprint density at radius 3 is 2.26 bits per heavy atom. The van der Waals surface area contributed by atoms with Crippen molar-refractivity contribution in [1.82, 2.24) is 0 Å². The number of ether oxygens (including phenoxy) is 1. The molecule has 0 amide bonds. The van der Waals surface area contributed by atoms with Crippen molar-refractivity contribution in [2.75, 3.05) is 5.01 Å². The molecule has 0 unspecified atom stereocenters. The highest BCUT2D eigenvalue weighted by molar-refractivity contribution is 9.28. The van der Waals surface area contributed by atoms with Crippen molar-refractivity contribution in [3.05, 3.63) is 30.3 Å². The van der Waals surface area contributed by atoms with Gasteiger partial charge in [-0.05, 0) is 26.0 Å². The van der Waals surface area contributed by atoms with Crippen LogP contribution in [0.1, 0.15) is 13.8 Å². The van der Waals surface area contributed by atoms with Gasteiger partial charge in [0.25, 0.3) is 0 Å². The molecule has 23 heavy (non-hydrogen) atoms. The fraction of sp³-hybridized carbons (Fsp3) is 0.600. The second kappa shape index (κ2) is 4.08. The molecular formula is C15H13Br4N3O. The zero-order chi connectivity index (χ0) is 16.5. The number of nitrogens with zero attached hydrogens (tertiary/aromatic N) is 3. The third-order valence-electron chi connectivity index (χ3n) is 6.05. The molecule has 4 nitrogen and oxygen atoms in total. The average molecular weight is 571 g/mol. The van der Waals surface area contributed by atoms with Gasteiger partial charge in [0.2, 0.25) is 0 Å². The maximum absolute atomic E-state index is 6.62. The maximum atomic E-state index is 6.62. The number of alkyl halides is 4. The van der Waals surface area contributed by atoms with Crippen LogP contribution in [0.3, 0.4) is 0 Å². The molecule has 1 aromatic rings. The molecule has 6 atom stereocenters. The molecule has 2 saturated heterocycles. The Balaban J connectivity index is 1.69. The lowest BCUT2D eigenvalue weighted by atomic mass is 9.76. The molecule has 1 aromatic carbocycles. The van der Waals surface area contributed by atoms with Crippen molar-refractivity contribution in [3.8, 4) is 0 Å². The predicted octanol–water partition coefficient (Wildman–Crippen LogP) is 4.94. The molecule has 3 heterocycles. The summed E-state index contributed by atoms with van der Waals surface area (Å²) in [6.45, 7) is 4.29. The van der Waals surface area contributed by atoms with Crippen LogP contribution < -0.4 is 5.01 Å². The van der Waals surface area contributed by atoms with E-state index in [1.807, 2.05) is 23.2 Å². The van der Waals surface area contributed by atoms with Gasteiger partial charge in [-0.1, -0.05) is 87.1 Å². The molecule has 122 valence electrons. The number of hydrogen-bond donors (Lipinski definition) is 0. The van der Waals surface area contributed by atoms with Crippen molar-refractivity contribution >= 4 is 69.4 Å². The summed E-state index contributed by atoms with van der Waals surface area (Å²) in [7, 11) is 0. The van der Waals surface area contributed by atoms with Crippen LogP contribution in [0.25, 0.3) is 0 Å². The first-order valence-electron chi connectivity index (χ1n) is 7.38. The standard InChI is InChI=1S/C15H13Br4N3O/c1-11-9-10(22(21-20-9)8-6-4-3-5-7-8)12(2,23-11)14(17)13(11,16)15(14,18)19/h3-7,9-10H,1-2H3/t9-,10+,11-,12+,13+,14-/m1/s1. The van der Waals surface area contributed by atoms with E-state index in [9.17, 15) is 0 Å². The summed E-state index contributed by atoms with van der Waals surface area (Å²) in [6.07, 6.45) is 0. The van der Waals surface area contributed by atoms with Crippen molar-refractivity contribution in [2.24, 2.45) is 10.3 Å². The van der Waals surface area contributed by atoms with E-state index in [2.05, 4.69) is 100 Å². The molecule has 2 bridgehead atoms. The Kier molecular flexibility index (Phi) is 2.79. The van der Waals surface area contributed by atoms with E-state index in [-0.39, 0.29) is 24.0 Å². The Bertz CT molecular complexity index is 760. The third kappa shape index (κ3) is 1.26. The lowest BCUT2D eigenvalue weighted by molar-refractivity contribution is -0.0572. The molecule has 8 heteroatoms. The smallest absolute Gasteiger partial charge is 0.128 e. The molecule has 4 aliphatic rings. The summed E-state index contributed by atoms with van der Waals surface area (Å²) in [4.78, 5) is 0. The molecule has 3 aliphatic heterocycles. The van der Waals surface area contributed by atoms with Crippen LogP contribution in [0, 0.1) is 0 Å². The van der Waals surface area contributed by atoms with Gasteiger partial charge in [-0.3, -0.25) is 0 Å². The summed E-state index contributed by atoms with van der Waals surface area (Å²) < 4.78 is 5.71. The van der Waals surface area contributed by atoms with E-state index in [1.54, 1.807) is 0 Å². The molecular weight excluding hydrogens is 558 g/mol. The lowest BCUT2D eigenvalue weighted by Gasteiger charge is -2.39. The monoisotopic (exact) mass is 567 g/mol. The zero-order valence-corrected chi connectivity index (χ0v) is 18.6. The number of anilines is 1. The fourth-order valence-corrected chi connectivity index (χ4v) is 11.2. The number of halogens is 4. The highest BCUT2D eigenvalue weighted by atomic mass is 79.9. The molecule has 1 aliphatic carbocycles. The highest BCUT2D eigenvalue weighted by Gasteiger charge is 3.05. The Morgan fingerprint density at radius 2 is 1.61 bits per heavy atom. The SMILES string of the molecule is C[C@]12O[C@](C)([C@@H]3N=NN(c4ccccc4)[C@@H]31)[C@@]1(Br)C(Br)(Br)[C@]12Br. The number of para-hydroxylation sites is 1. The van der Waals surface area contributed by atoms with Crippen molar-refractivity contribution in [1.29, 1.82) is 0 Å². The van der Waals surface area contributed by atoms with Crippen LogP contribution >= 0.6 is 63.7 Å². The van der Waals surface area contributed by atoms with Crippen LogP contribution in [0.5, 0.6) is 0 Å². The van der Waals surface area contributed by atoms with E-state index >= 15 is 0 Å². The normalized spacial score (nSPS) is 54.3. The average Bonchev–Trinajstić information content (AvgIpc) is 2.94. The van der Waals surface area contributed by atoms with Crippen LogP contribution in [0.2, 0.25) is 0 Å². The summed E-state index contributed by atoms with van der Waals surface area (Å²) in [5, 5.41) is 11.1. The predicted molar refractivity (Wildman–Crippen MR) is 103 cm³/mol. The first-order chi connectivity index (χ1) is 10.7. The third-order valence-corrected chi connectivity index (χ3v) is 15.0. The zero-order valence-electron chi connectivity index (χ0n) is 12.3. The Morgan fingerprint density at radius 1 is 1.00 bits per heavy atom. The minimum absolute atomic E-state index is 0.0327. The van der Waals surface area contributed by atoms with Gasteiger partial charge in [0.1, 0.15) is 35.2 Å². The second-order valence-corrected chi connectivity index (χ2v) is 12.8. The minimum atomic E-state index is -0.476. The molecule has 0 aromatic heterocycles. The molecule has 0 N–H and O–H groups in total. The topological polar surface area (TPSA) is 37.2 Å². The van der Waals surface area contributed by atoms with Crippen LogP contribution in [0.15, 0.2) is 40.7 Å². The lowest BCUT2D eigenvalue weighted by Crippen LogP contribution is -2.60. The Hall–Kier alpha value is 0.500. The number of rotatable bonds is 1. The van der Waals surface area contributed by atoms with E-state index in [4.69, 9.17) is 4.74 Å². The van der Waals surface area contributed by atoms with E-state index < -0.39 is 11.2 Å². The first-order valence-corrected chi connectivity index (χ1v) is 10.5. The second-order valence-electron chi connectivity index (χ2n) is 6.98. The first kappa shape index (κ1) is 15.7. The van der Waals surface area contributed by atoms with E-state index in [0.717, 1.165) is 5.69 Å². The quantitative estimate of drug-likeness (QED) is 0.449. The summed E-state index contributed by atoms with van der Waals surface area (Å²) in [5.74, 6) is 0. The van der Waals surface area contributed by atoms with Gasteiger partial charge < -0.3 is 4.74 Å². The molecule has 3 fully saturated rings. The van der Waals surface area contributed by atoms with Crippen molar-refractivity contribution in [3.63, 3.8) is 0 Å². The van der Waals surface area contributed by atoms with Crippen molar-refractivity contribution in [2.45, 2.75) is 49.0 Å². The molecule has 0 spiro atoms. The van der Waals surface area contributed by atoms with Gasteiger partial charge in [-0.2, -0.15) is 5.11 Å². The van der Waals surface area contributed by atoms with Crippen LogP contribution in [-0.2, 0) is 4.74 Å². The van der Waals surface area contributed by atoms with Gasteiger partial charge in [0.05, 0.1) is 5.69 Å². The fourth-order valence-electron chi connectivity index (χ4n) is 4.94. The summed E-state index contributed by atoms with van der Waals surface area (Å²) in [5.41, 5.74) is 0.0921. The van der Waals surface area contributed by atoms with Crippen LogP contribution in [0.4, 0.5) is 5.69 Å². The van der Waals surface area contributed by atoms with Crippen LogP contribution in [-0.4, -0.2) is 35.2 Å². The largest absolute Gasteiger partial charge is 0.361 e. The van der Waals surface area contributed by atoms with Gasteiger partial charge in [-0.25, -0.2) is 5.01 Å². The van der Waals surface area contributed by atoms with Gasteiger partial charge in [0, 0.05) is 0 Å². The van der Waals surface area contributed by atoms with Gasteiger partial charge in [0.15, 0.2) is 0 Å². The summed E-state index contributed by atoms with van der Waals surface area (Å²) in [6, 6.07) is 10.2. The summed E-state index contributed by atoms with van der Waals surface area (Å²) >= 11 is 15.7. The van der Waals surface area contributed by atoms with Gasteiger partial charge in [-0.15, -0.1) is 0 Å². The number of fused-ring (bicyclic) bond motifs is 8. The Labute approximate surface area is 167 Å². The highest BCUT2D eigenvalue weighted by Crippen LogP contribution is 2.91. The van der Waals surface area contributed by atoms with Crippen molar-refractivity contribution < 1.29 is 4.74 Å². The number of hydrogen-bond acceptors (Lipinski definition) is 4. The minimum Gasteiger partial charge on any atom is -0.361 e. The van der Waals surface area contributed by atoms with Gasteiger partial charge >= 0.3 is 0 Å². The number of benzene rings is 1. The van der Waals surface area contributed by atoms with E-state index in [1.165, 1.54) is 0 Å². The van der Waals surface area contributed by atoms with E-state index in [0.29, 0.717) is 0 Å². The maximum Gasteiger partial charge on any atom is 0.128 e. The molecule has 1 saturated carbocycles.